The number of rotatable bonds is 5. The number of benzene rings is 10. The maximum atomic E-state index is 6.42. The Morgan fingerprint density at radius 3 is 1.49 bits per heavy atom. The predicted molar refractivity (Wildman–Crippen MR) is 320 cm³/mol. The van der Waals surface area contributed by atoms with Gasteiger partial charge in [-0.1, -0.05) is 139 Å². The van der Waals surface area contributed by atoms with Crippen molar-refractivity contribution < 1.29 is 8.83 Å². The molecule has 0 radical (unpaired) electrons. The number of para-hydroxylation sites is 2. The molecule has 0 saturated heterocycles. The lowest BCUT2D eigenvalue weighted by Gasteiger charge is -2.44. The number of hydrogen-bond donors (Lipinski definition) is 0. The van der Waals surface area contributed by atoms with E-state index in [0.717, 1.165) is 78.0 Å². The number of anilines is 9. The van der Waals surface area contributed by atoms with Gasteiger partial charge in [-0.25, -0.2) is 0 Å². The molecule has 0 spiro atoms. The predicted octanol–water partition coefficient (Wildman–Crippen LogP) is 18.0. The van der Waals surface area contributed by atoms with Crippen molar-refractivity contribution in [3.63, 3.8) is 0 Å². The largest absolute Gasteiger partial charge is 0.456 e. The van der Waals surface area contributed by atoms with Crippen LogP contribution in [0.1, 0.15) is 52.7 Å². The van der Waals surface area contributed by atoms with Crippen LogP contribution in [-0.2, 0) is 10.8 Å². The van der Waals surface area contributed by atoms with Gasteiger partial charge < -0.3 is 23.5 Å². The standard InChI is InChI=1S/C68H52BN3O2S/c1-67(2,3)41-22-26-43(27-23-41)71-55-17-13-18-56-65(55)69(54-34-37-63-64(50-16-9-12-21-62(50)75-63)66(54)72(56)44-28-24-42(25-29-44)68(4,5)6)53-33-30-47(40-57(53)71)70(45-31-35-60-51(38-45)48-14-7-10-19-58(48)73-60)46-32-36-61-52(39-46)49-15-8-11-20-59(49)74-61/h7-40H,1-6H3. The van der Waals surface area contributed by atoms with E-state index in [2.05, 4.69) is 250 Å². The fourth-order valence-electron chi connectivity index (χ4n) is 12.3. The molecule has 360 valence electrons. The van der Waals surface area contributed by atoms with Crippen LogP contribution in [-0.4, -0.2) is 6.71 Å². The second-order valence-corrected chi connectivity index (χ2v) is 23.6. The van der Waals surface area contributed by atoms with Crippen LogP contribution in [0.15, 0.2) is 215 Å². The van der Waals surface area contributed by atoms with E-state index >= 15 is 0 Å². The molecule has 0 N–H and O–H groups in total. The molecule has 5 nitrogen and oxygen atoms in total. The van der Waals surface area contributed by atoms with E-state index in [1.165, 1.54) is 64.7 Å². The molecular formula is C68H52BN3O2S. The third-order valence-electron chi connectivity index (χ3n) is 16.0. The zero-order valence-electron chi connectivity index (χ0n) is 42.8. The Hall–Kier alpha value is -8.52. The number of nitrogens with zero attached hydrogens (tertiary/aromatic N) is 3. The van der Waals surface area contributed by atoms with E-state index in [1.54, 1.807) is 0 Å². The highest BCUT2D eigenvalue weighted by atomic mass is 32.1. The van der Waals surface area contributed by atoms with E-state index < -0.39 is 0 Å². The summed E-state index contributed by atoms with van der Waals surface area (Å²) in [7, 11) is 0. The second kappa shape index (κ2) is 16.0. The Labute approximate surface area is 440 Å². The lowest BCUT2D eigenvalue weighted by Crippen LogP contribution is -2.61. The molecule has 7 heteroatoms. The minimum absolute atomic E-state index is 0.00421. The molecule has 0 unspecified atom stereocenters. The van der Waals surface area contributed by atoms with Crippen molar-refractivity contribution in [2.75, 3.05) is 14.7 Å². The Morgan fingerprint density at radius 1 is 0.400 bits per heavy atom. The Bertz CT molecular complexity index is 4360. The summed E-state index contributed by atoms with van der Waals surface area (Å²) in [5.41, 5.74) is 20.1. The fraction of sp³-hybridized carbons (Fsp3) is 0.118. The van der Waals surface area contributed by atoms with E-state index in [4.69, 9.17) is 8.83 Å². The molecule has 2 aliphatic rings. The van der Waals surface area contributed by atoms with Crippen LogP contribution < -0.4 is 31.1 Å². The number of thiophene rings is 1. The minimum atomic E-state index is -0.0655. The molecule has 0 fully saturated rings. The summed E-state index contributed by atoms with van der Waals surface area (Å²) in [6, 6.07) is 76.4. The number of hydrogen-bond acceptors (Lipinski definition) is 6. The van der Waals surface area contributed by atoms with Crippen LogP contribution in [0, 0.1) is 0 Å². The van der Waals surface area contributed by atoms with E-state index in [9.17, 15) is 0 Å². The number of furan rings is 2. The van der Waals surface area contributed by atoms with Crippen molar-refractivity contribution in [2.45, 2.75) is 52.4 Å². The molecule has 0 amide bonds. The van der Waals surface area contributed by atoms with Gasteiger partial charge >= 0.3 is 0 Å². The van der Waals surface area contributed by atoms with Gasteiger partial charge in [-0.05, 0) is 148 Å². The summed E-state index contributed by atoms with van der Waals surface area (Å²) >= 11 is 1.88. The van der Waals surface area contributed by atoms with Gasteiger partial charge in [0.25, 0.3) is 6.71 Å². The van der Waals surface area contributed by atoms with Gasteiger partial charge in [-0.2, -0.15) is 0 Å². The zero-order valence-corrected chi connectivity index (χ0v) is 43.6. The van der Waals surface area contributed by atoms with Crippen LogP contribution in [0.2, 0.25) is 0 Å². The zero-order chi connectivity index (χ0) is 50.5. The van der Waals surface area contributed by atoms with Gasteiger partial charge in [0.1, 0.15) is 22.3 Å². The van der Waals surface area contributed by atoms with Gasteiger partial charge in [-0.15, -0.1) is 11.3 Å². The SMILES string of the molecule is CC(C)(C)c1ccc(N2c3cc(N(c4ccc5oc6ccccc6c5c4)c4ccc5oc6ccccc6c5c4)ccc3B3c4ccc5sc6ccccc6c5c4N(c4ccc(C(C)(C)C)cc4)c4cccc2c43)cc1. The molecule has 0 saturated carbocycles. The minimum Gasteiger partial charge on any atom is -0.456 e. The van der Waals surface area contributed by atoms with Gasteiger partial charge in [0, 0.05) is 87.2 Å². The summed E-state index contributed by atoms with van der Waals surface area (Å²) in [5, 5.41) is 6.93. The van der Waals surface area contributed by atoms with Gasteiger partial charge in [-0.3, -0.25) is 0 Å². The van der Waals surface area contributed by atoms with Crippen LogP contribution in [0.3, 0.4) is 0 Å². The Kier molecular flexibility index (Phi) is 9.39. The summed E-state index contributed by atoms with van der Waals surface area (Å²) in [5.74, 6) is 0. The van der Waals surface area contributed by atoms with Crippen LogP contribution in [0.4, 0.5) is 51.2 Å². The molecule has 5 heterocycles. The highest BCUT2D eigenvalue weighted by molar-refractivity contribution is 7.26. The molecular weight excluding hydrogens is 934 g/mol. The first-order valence-electron chi connectivity index (χ1n) is 26.1. The highest BCUT2D eigenvalue weighted by Crippen LogP contribution is 2.50. The molecule has 3 aromatic heterocycles. The first-order chi connectivity index (χ1) is 36.4. The van der Waals surface area contributed by atoms with E-state index in [1.807, 2.05) is 23.5 Å². The third kappa shape index (κ3) is 6.70. The van der Waals surface area contributed by atoms with Crippen LogP contribution >= 0.6 is 11.3 Å². The van der Waals surface area contributed by atoms with Crippen molar-refractivity contribution in [1.82, 2.24) is 0 Å². The van der Waals surface area contributed by atoms with Gasteiger partial charge in [0.2, 0.25) is 0 Å². The molecule has 2 aliphatic heterocycles. The normalized spacial score (nSPS) is 13.4. The van der Waals surface area contributed by atoms with Gasteiger partial charge in [0.05, 0.1) is 5.69 Å². The summed E-state index contributed by atoms with van der Waals surface area (Å²) in [6.45, 7) is 13.7. The quantitative estimate of drug-likeness (QED) is 0.161. The lowest BCUT2D eigenvalue weighted by atomic mass is 9.33. The molecule has 13 aromatic rings. The van der Waals surface area contributed by atoms with E-state index in [-0.39, 0.29) is 17.5 Å². The highest BCUT2D eigenvalue weighted by Gasteiger charge is 2.44. The molecule has 75 heavy (non-hydrogen) atoms. The first-order valence-corrected chi connectivity index (χ1v) is 26.9. The maximum absolute atomic E-state index is 6.42. The topological polar surface area (TPSA) is 36.0 Å². The maximum Gasteiger partial charge on any atom is 0.252 e. The Morgan fingerprint density at radius 2 is 0.893 bits per heavy atom. The summed E-state index contributed by atoms with van der Waals surface area (Å²) < 4.78 is 15.4. The lowest BCUT2D eigenvalue weighted by molar-refractivity contribution is 0.590. The fourth-order valence-corrected chi connectivity index (χ4v) is 13.4. The van der Waals surface area contributed by atoms with Crippen molar-refractivity contribution in [1.29, 1.82) is 0 Å². The van der Waals surface area contributed by atoms with Crippen LogP contribution in [0.5, 0.6) is 0 Å². The monoisotopic (exact) mass is 985 g/mol. The molecule has 10 aromatic carbocycles. The summed E-state index contributed by atoms with van der Waals surface area (Å²) in [4.78, 5) is 7.52. The summed E-state index contributed by atoms with van der Waals surface area (Å²) in [6.07, 6.45) is 0. The Balaban J connectivity index is 1.01. The molecule has 0 aliphatic carbocycles. The average molecular weight is 986 g/mol. The third-order valence-corrected chi connectivity index (χ3v) is 17.1. The second-order valence-electron chi connectivity index (χ2n) is 22.5. The van der Waals surface area contributed by atoms with Gasteiger partial charge in [0.15, 0.2) is 0 Å². The number of fused-ring (bicyclic) bond motifs is 14. The van der Waals surface area contributed by atoms with Crippen molar-refractivity contribution in [3.05, 3.63) is 217 Å². The van der Waals surface area contributed by atoms with Crippen molar-refractivity contribution in [2.24, 2.45) is 0 Å². The molecule has 0 bridgehead atoms. The average Bonchev–Trinajstić information content (AvgIpc) is 4.12. The van der Waals surface area contributed by atoms with Crippen molar-refractivity contribution in [3.8, 4) is 0 Å². The molecule has 15 rings (SSSR count). The van der Waals surface area contributed by atoms with E-state index in [0.29, 0.717) is 0 Å². The van der Waals surface area contributed by atoms with Crippen LogP contribution in [0.25, 0.3) is 64.0 Å². The van der Waals surface area contributed by atoms with Crippen molar-refractivity contribution >= 4 is 150 Å². The smallest absolute Gasteiger partial charge is 0.252 e. The first kappa shape index (κ1) is 44.0. The molecule has 0 atom stereocenters.